The normalized spacial score (nSPS) is 17.1. The van der Waals surface area contributed by atoms with E-state index in [-0.39, 0.29) is 11.6 Å². The van der Waals surface area contributed by atoms with Crippen molar-refractivity contribution in [1.29, 1.82) is 0 Å². The largest absolute Gasteiger partial charge is 0.290 e. The Hall–Kier alpha value is -1.18. The summed E-state index contributed by atoms with van der Waals surface area (Å²) in [6, 6.07) is 0. The average Bonchev–Trinajstić information content (AvgIpc) is 2.09. The maximum Gasteiger partial charge on any atom is 0.182 e. The van der Waals surface area contributed by atoms with Crippen molar-refractivity contribution < 1.29 is 9.59 Å². The van der Waals surface area contributed by atoms with Crippen molar-refractivity contribution >= 4 is 11.6 Å². The Kier molecular flexibility index (Phi) is 3.18. The average molecular weight is 178 g/mol. The van der Waals surface area contributed by atoms with E-state index in [1.807, 2.05) is 0 Å². The molecule has 2 nitrogen and oxygen atoms in total. The van der Waals surface area contributed by atoms with Gasteiger partial charge in [0.25, 0.3) is 0 Å². The number of carbonyl (C=O) groups excluding carboxylic acids is 2. The fraction of sp³-hybridized carbons (Fsp3) is 0.455. The van der Waals surface area contributed by atoms with Gasteiger partial charge in [0.15, 0.2) is 11.6 Å². The van der Waals surface area contributed by atoms with E-state index < -0.39 is 0 Å². The van der Waals surface area contributed by atoms with Gasteiger partial charge in [-0.3, -0.25) is 9.59 Å². The van der Waals surface area contributed by atoms with E-state index >= 15 is 0 Å². The van der Waals surface area contributed by atoms with Crippen LogP contribution in [0.3, 0.4) is 0 Å². The first-order chi connectivity index (χ1) is 6.15. The molecule has 1 rings (SSSR count). The predicted octanol–water partition coefficient (Wildman–Crippen LogP) is 2.20. The van der Waals surface area contributed by atoms with Crippen LogP contribution in [-0.2, 0) is 9.59 Å². The van der Waals surface area contributed by atoms with Crippen molar-refractivity contribution in [1.82, 2.24) is 0 Å². The second kappa shape index (κ2) is 4.17. The lowest BCUT2D eigenvalue weighted by Crippen LogP contribution is -2.11. The Morgan fingerprint density at radius 1 is 1.15 bits per heavy atom. The number of unbranched alkanes of at least 4 members (excludes halogenated alkanes) is 1. The maximum atomic E-state index is 11.4. The summed E-state index contributed by atoms with van der Waals surface area (Å²) in [6.45, 7) is 3.74. The number of allylic oxidation sites excluding steroid dienone is 4. The van der Waals surface area contributed by atoms with Crippen molar-refractivity contribution in [3.63, 3.8) is 0 Å². The molecule has 0 saturated carbocycles. The third-order valence-electron chi connectivity index (χ3n) is 2.16. The summed E-state index contributed by atoms with van der Waals surface area (Å²) in [7, 11) is 0. The van der Waals surface area contributed by atoms with Gasteiger partial charge in [-0.25, -0.2) is 0 Å². The minimum absolute atomic E-state index is 0.00514. The van der Waals surface area contributed by atoms with Crippen molar-refractivity contribution in [2.75, 3.05) is 0 Å². The van der Waals surface area contributed by atoms with Crippen molar-refractivity contribution in [3.05, 3.63) is 23.3 Å². The van der Waals surface area contributed by atoms with E-state index in [0.29, 0.717) is 11.1 Å². The molecule has 1 aliphatic rings. The van der Waals surface area contributed by atoms with Crippen molar-refractivity contribution in [2.24, 2.45) is 0 Å². The van der Waals surface area contributed by atoms with E-state index in [9.17, 15) is 9.59 Å². The van der Waals surface area contributed by atoms with Gasteiger partial charge in [-0.15, -0.1) is 0 Å². The van der Waals surface area contributed by atoms with Crippen LogP contribution in [0.4, 0.5) is 0 Å². The molecule has 0 bridgehead atoms. The van der Waals surface area contributed by atoms with Gasteiger partial charge in [0.1, 0.15) is 0 Å². The minimum Gasteiger partial charge on any atom is -0.290 e. The highest BCUT2D eigenvalue weighted by Gasteiger charge is 2.16. The lowest BCUT2D eigenvalue weighted by Gasteiger charge is -2.08. The fourth-order valence-corrected chi connectivity index (χ4v) is 1.27. The van der Waals surface area contributed by atoms with Gasteiger partial charge in [-0.1, -0.05) is 13.3 Å². The highest BCUT2D eigenvalue weighted by molar-refractivity contribution is 6.19. The topological polar surface area (TPSA) is 34.1 Å². The Labute approximate surface area is 78.3 Å². The summed E-state index contributed by atoms with van der Waals surface area (Å²) in [5.41, 5.74) is 1.21. The number of carbonyl (C=O) groups is 2. The van der Waals surface area contributed by atoms with Gasteiger partial charge in [-0.2, -0.15) is 0 Å². The minimum atomic E-state index is -0.0225. The molecule has 0 radical (unpaired) electrons. The second-order valence-corrected chi connectivity index (χ2v) is 3.33. The van der Waals surface area contributed by atoms with E-state index in [0.717, 1.165) is 19.3 Å². The highest BCUT2D eigenvalue weighted by atomic mass is 16.1. The van der Waals surface area contributed by atoms with E-state index in [1.165, 1.54) is 12.2 Å². The molecule has 0 amide bonds. The van der Waals surface area contributed by atoms with Crippen LogP contribution in [0.15, 0.2) is 23.3 Å². The number of rotatable bonds is 3. The molecule has 2 heteroatoms. The summed E-state index contributed by atoms with van der Waals surface area (Å²) in [4.78, 5) is 22.6. The van der Waals surface area contributed by atoms with Crippen LogP contribution in [0.25, 0.3) is 0 Å². The molecule has 0 aliphatic heterocycles. The first-order valence-corrected chi connectivity index (χ1v) is 4.62. The first-order valence-electron chi connectivity index (χ1n) is 4.62. The van der Waals surface area contributed by atoms with Crippen LogP contribution in [0.5, 0.6) is 0 Å². The van der Waals surface area contributed by atoms with Crippen LogP contribution in [0, 0.1) is 0 Å². The van der Waals surface area contributed by atoms with Crippen LogP contribution in [0.1, 0.15) is 33.1 Å². The summed E-state index contributed by atoms with van der Waals surface area (Å²) in [6.07, 6.45) is 5.66. The van der Waals surface area contributed by atoms with Gasteiger partial charge < -0.3 is 0 Å². The zero-order valence-electron chi connectivity index (χ0n) is 8.09. The first kappa shape index (κ1) is 9.90. The molecule has 70 valence electrons. The fourth-order valence-electron chi connectivity index (χ4n) is 1.27. The lowest BCUT2D eigenvalue weighted by atomic mass is 9.95. The van der Waals surface area contributed by atoms with Crippen molar-refractivity contribution in [3.8, 4) is 0 Å². The molecule has 0 N–H and O–H groups in total. The molecular weight excluding hydrogens is 164 g/mol. The quantitative estimate of drug-likeness (QED) is 0.621. The molecule has 0 aromatic carbocycles. The molecule has 0 saturated heterocycles. The van der Waals surface area contributed by atoms with Crippen LogP contribution < -0.4 is 0 Å². The zero-order chi connectivity index (χ0) is 9.84. The van der Waals surface area contributed by atoms with Gasteiger partial charge in [-0.05, 0) is 31.9 Å². The Balaban J connectivity index is 2.71. The SMILES string of the molecule is CCCCC1=CC(=O)C(C)=CC1=O. The summed E-state index contributed by atoms with van der Waals surface area (Å²) >= 11 is 0. The Morgan fingerprint density at radius 3 is 2.46 bits per heavy atom. The van der Waals surface area contributed by atoms with Crippen molar-refractivity contribution in [2.45, 2.75) is 33.1 Å². The number of hydrogen-bond acceptors (Lipinski definition) is 2. The Morgan fingerprint density at radius 2 is 1.85 bits per heavy atom. The zero-order valence-corrected chi connectivity index (χ0v) is 8.09. The van der Waals surface area contributed by atoms with Gasteiger partial charge in [0.2, 0.25) is 0 Å². The third kappa shape index (κ3) is 2.38. The van der Waals surface area contributed by atoms with E-state index in [4.69, 9.17) is 0 Å². The monoisotopic (exact) mass is 178 g/mol. The van der Waals surface area contributed by atoms with E-state index in [1.54, 1.807) is 6.92 Å². The molecule has 0 aromatic rings. The third-order valence-corrected chi connectivity index (χ3v) is 2.16. The molecule has 1 aliphatic carbocycles. The predicted molar refractivity (Wildman–Crippen MR) is 51.4 cm³/mol. The van der Waals surface area contributed by atoms with Gasteiger partial charge >= 0.3 is 0 Å². The summed E-state index contributed by atoms with van der Waals surface area (Å²) in [5.74, 6) is -0.0174. The second-order valence-electron chi connectivity index (χ2n) is 3.33. The van der Waals surface area contributed by atoms with Gasteiger partial charge in [0.05, 0.1) is 0 Å². The molecule has 13 heavy (non-hydrogen) atoms. The smallest absolute Gasteiger partial charge is 0.182 e. The highest BCUT2D eigenvalue weighted by Crippen LogP contribution is 2.16. The summed E-state index contributed by atoms with van der Waals surface area (Å²) < 4.78 is 0. The molecule has 0 fully saturated rings. The molecule has 0 atom stereocenters. The van der Waals surface area contributed by atoms with E-state index in [2.05, 4.69) is 6.92 Å². The molecule has 0 aromatic heterocycles. The van der Waals surface area contributed by atoms with Crippen LogP contribution in [0.2, 0.25) is 0 Å². The molecule has 0 heterocycles. The van der Waals surface area contributed by atoms with Gasteiger partial charge in [0, 0.05) is 11.1 Å². The summed E-state index contributed by atoms with van der Waals surface area (Å²) in [5, 5.41) is 0. The maximum absolute atomic E-state index is 11.4. The molecule has 0 unspecified atom stereocenters. The lowest BCUT2D eigenvalue weighted by molar-refractivity contribution is -0.115. The Bertz CT molecular complexity index is 295. The molecular formula is C11H14O2. The van der Waals surface area contributed by atoms with Crippen LogP contribution in [-0.4, -0.2) is 11.6 Å². The number of hydrogen-bond donors (Lipinski definition) is 0. The molecule has 0 spiro atoms. The van der Waals surface area contributed by atoms with Crippen LogP contribution >= 0.6 is 0 Å². The standard InChI is InChI=1S/C11H14O2/c1-3-4-5-9-7-10(12)8(2)6-11(9)13/h6-7H,3-5H2,1-2H3. The number of ketones is 2.